The summed E-state index contributed by atoms with van der Waals surface area (Å²) in [6.07, 6.45) is 3.92. The minimum Gasteiger partial charge on any atom is -0.338 e. The highest BCUT2D eigenvalue weighted by Gasteiger charge is 2.29. The molecule has 2 heterocycles. The van der Waals surface area contributed by atoms with Gasteiger partial charge >= 0.3 is 0 Å². The Morgan fingerprint density at radius 3 is 2.89 bits per heavy atom. The highest BCUT2D eigenvalue weighted by atomic mass is 35.5. The lowest BCUT2D eigenvalue weighted by Gasteiger charge is -2.38. The minimum absolute atomic E-state index is 0. The summed E-state index contributed by atoms with van der Waals surface area (Å²) < 4.78 is 0. The van der Waals surface area contributed by atoms with E-state index in [0.717, 1.165) is 25.2 Å². The Morgan fingerprint density at radius 1 is 1.53 bits per heavy atom. The summed E-state index contributed by atoms with van der Waals surface area (Å²) in [4.78, 5) is 18.5. The molecule has 0 saturated carbocycles. The van der Waals surface area contributed by atoms with Gasteiger partial charge in [-0.2, -0.15) is 0 Å². The molecule has 0 atom stereocenters. The van der Waals surface area contributed by atoms with Crippen molar-refractivity contribution in [1.82, 2.24) is 9.88 Å². The fraction of sp³-hybridized carbons (Fsp3) is 0.571. The summed E-state index contributed by atoms with van der Waals surface area (Å²) in [5.41, 5.74) is 7.23. The molecule has 2 N–H and O–H groups in total. The van der Waals surface area contributed by atoms with Crippen LogP contribution in [0.25, 0.3) is 0 Å². The third-order valence-electron chi connectivity index (χ3n) is 3.46. The van der Waals surface area contributed by atoms with E-state index in [-0.39, 0.29) is 23.7 Å². The van der Waals surface area contributed by atoms with Gasteiger partial charge in [0.15, 0.2) is 0 Å². The molecule has 0 bridgehead atoms. The summed E-state index contributed by atoms with van der Waals surface area (Å²) in [5, 5.41) is 0. The van der Waals surface area contributed by atoms with E-state index in [4.69, 9.17) is 5.73 Å². The van der Waals surface area contributed by atoms with E-state index in [1.54, 1.807) is 18.3 Å². The Hall–Kier alpha value is -1.13. The van der Waals surface area contributed by atoms with Crippen molar-refractivity contribution >= 4 is 18.3 Å². The molecular weight excluding hydrogens is 262 g/mol. The molecule has 1 saturated heterocycles. The number of pyridine rings is 1. The number of amides is 1. The molecule has 1 amide bonds. The molecule has 0 spiro atoms. The number of hydrogen-bond acceptors (Lipinski definition) is 3. The van der Waals surface area contributed by atoms with Crippen LogP contribution < -0.4 is 5.73 Å². The summed E-state index contributed by atoms with van der Waals surface area (Å²) in [5.74, 6) is 0.0971. The highest BCUT2D eigenvalue weighted by Crippen LogP contribution is 2.29. The Bertz CT molecular complexity index is 448. The fourth-order valence-electron chi connectivity index (χ4n) is 2.50. The first-order chi connectivity index (χ1) is 8.52. The number of likely N-dealkylation sites (tertiary alicyclic amines) is 1. The molecule has 0 aromatic carbocycles. The van der Waals surface area contributed by atoms with Crippen LogP contribution in [0.3, 0.4) is 0 Å². The molecule has 0 radical (unpaired) electrons. The molecule has 4 nitrogen and oxygen atoms in total. The molecule has 5 heteroatoms. The topological polar surface area (TPSA) is 59.2 Å². The first-order valence-electron chi connectivity index (χ1n) is 6.46. The van der Waals surface area contributed by atoms with E-state index in [0.29, 0.717) is 12.1 Å². The second-order valence-corrected chi connectivity index (χ2v) is 5.73. The Labute approximate surface area is 120 Å². The standard InChI is InChI=1S/C14H21N3O.ClH/c1-14(2)5-3-7-17(10-14)13(18)11-4-6-16-12(8-11)9-15;/h4,6,8H,3,5,7,9-10,15H2,1-2H3;1H. The Morgan fingerprint density at radius 2 is 2.26 bits per heavy atom. The van der Waals surface area contributed by atoms with Crippen LogP contribution in [0.5, 0.6) is 0 Å². The first kappa shape index (κ1) is 15.9. The van der Waals surface area contributed by atoms with Crippen LogP contribution in [0.1, 0.15) is 42.7 Å². The van der Waals surface area contributed by atoms with Crippen molar-refractivity contribution in [2.45, 2.75) is 33.2 Å². The third kappa shape index (κ3) is 3.91. The van der Waals surface area contributed by atoms with Crippen molar-refractivity contribution < 1.29 is 4.79 Å². The fourth-order valence-corrected chi connectivity index (χ4v) is 2.50. The normalized spacial score (nSPS) is 17.7. The van der Waals surface area contributed by atoms with Gasteiger partial charge < -0.3 is 10.6 Å². The Kier molecular flexibility index (Phi) is 5.32. The zero-order valence-electron chi connectivity index (χ0n) is 11.6. The number of aromatic nitrogens is 1. The van der Waals surface area contributed by atoms with Crippen molar-refractivity contribution in [2.75, 3.05) is 13.1 Å². The SMILES string of the molecule is CC1(C)CCCN(C(=O)c2ccnc(CN)c2)C1.Cl. The van der Waals surface area contributed by atoms with Gasteiger partial charge in [0.05, 0.1) is 5.69 Å². The molecular formula is C14H22ClN3O. The molecule has 0 aliphatic carbocycles. The number of carbonyl (C=O) groups is 1. The molecule has 1 aliphatic heterocycles. The summed E-state index contributed by atoms with van der Waals surface area (Å²) in [6.45, 7) is 6.47. The van der Waals surface area contributed by atoms with E-state index in [2.05, 4.69) is 18.8 Å². The van der Waals surface area contributed by atoms with Crippen LogP contribution >= 0.6 is 12.4 Å². The van der Waals surface area contributed by atoms with Crippen molar-refractivity contribution in [3.63, 3.8) is 0 Å². The van der Waals surface area contributed by atoms with Crippen LogP contribution in [0.4, 0.5) is 0 Å². The number of carbonyl (C=O) groups excluding carboxylic acids is 1. The van der Waals surface area contributed by atoms with E-state index in [1.807, 2.05) is 4.90 Å². The van der Waals surface area contributed by atoms with Gasteiger partial charge in [0.1, 0.15) is 0 Å². The van der Waals surface area contributed by atoms with Crippen molar-refractivity contribution in [2.24, 2.45) is 11.1 Å². The lowest BCUT2D eigenvalue weighted by Crippen LogP contribution is -2.43. The number of nitrogens with zero attached hydrogens (tertiary/aromatic N) is 2. The van der Waals surface area contributed by atoms with Crippen molar-refractivity contribution in [1.29, 1.82) is 0 Å². The van der Waals surface area contributed by atoms with E-state index in [9.17, 15) is 4.79 Å². The maximum Gasteiger partial charge on any atom is 0.253 e. The zero-order chi connectivity index (χ0) is 13.2. The quantitative estimate of drug-likeness (QED) is 0.905. The molecule has 1 fully saturated rings. The molecule has 1 aromatic rings. The maximum absolute atomic E-state index is 12.4. The van der Waals surface area contributed by atoms with Crippen LogP contribution in [-0.4, -0.2) is 28.9 Å². The number of rotatable bonds is 2. The van der Waals surface area contributed by atoms with Gasteiger partial charge in [-0.05, 0) is 30.4 Å². The zero-order valence-corrected chi connectivity index (χ0v) is 12.4. The smallest absolute Gasteiger partial charge is 0.253 e. The van der Waals surface area contributed by atoms with Gasteiger partial charge in [0, 0.05) is 31.4 Å². The molecule has 106 valence electrons. The number of nitrogens with two attached hydrogens (primary N) is 1. The van der Waals surface area contributed by atoms with Gasteiger partial charge in [-0.15, -0.1) is 12.4 Å². The monoisotopic (exact) mass is 283 g/mol. The van der Waals surface area contributed by atoms with Crippen molar-refractivity contribution in [3.05, 3.63) is 29.6 Å². The summed E-state index contributed by atoms with van der Waals surface area (Å²) in [6, 6.07) is 3.56. The van der Waals surface area contributed by atoms with E-state index < -0.39 is 0 Å². The second kappa shape index (κ2) is 6.35. The van der Waals surface area contributed by atoms with Gasteiger partial charge in [-0.1, -0.05) is 13.8 Å². The average molecular weight is 284 g/mol. The highest BCUT2D eigenvalue weighted by molar-refractivity contribution is 5.94. The predicted molar refractivity (Wildman–Crippen MR) is 78.3 cm³/mol. The number of halogens is 1. The van der Waals surface area contributed by atoms with Crippen LogP contribution in [-0.2, 0) is 6.54 Å². The molecule has 2 rings (SSSR count). The van der Waals surface area contributed by atoms with E-state index in [1.165, 1.54) is 6.42 Å². The molecule has 1 aromatic heterocycles. The van der Waals surface area contributed by atoms with Gasteiger partial charge in [0.2, 0.25) is 0 Å². The second-order valence-electron chi connectivity index (χ2n) is 5.73. The van der Waals surface area contributed by atoms with Gasteiger partial charge in [-0.3, -0.25) is 9.78 Å². The number of piperidine rings is 1. The summed E-state index contributed by atoms with van der Waals surface area (Å²) in [7, 11) is 0. The van der Waals surface area contributed by atoms with E-state index >= 15 is 0 Å². The third-order valence-corrected chi connectivity index (χ3v) is 3.46. The average Bonchev–Trinajstić information content (AvgIpc) is 2.37. The molecule has 19 heavy (non-hydrogen) atoms. The number of hydrogen-bond donors (Lipinski definition) is 1. The van der Waals surface area contributed by atoms with Crippen LogP contribution in [0.15, 0.2) is 18.3 Å². The largest absolute Gasteiger partial charge is 0.338 e. The van der Waals surface area contributed by atoms with Gasteiger partial charge in [-0.25, -0.2) is 0 Å². The van der Waals surface area contributed by atoms with Crippen LogP contribution in [0, 0.1) is 5.41 Å². The Balaban J connectivity index is 0.00000180. The molecule has 0 unspecified atom stereocenters. The van der Waals surface area contributed by atoms with Gasteiger partial charge in [0.25, 0.3) is 5.91 Å². The maximum atomic E-state index is 12.4. The molecule has 1 aliphatic rings. The van der Waals surface area contributed by atoms with Crippen molar-refractivity contribution in [3.8, 4) is 0 Å². The minimum atomic E-state index is 0. The van der Waals surface area contributed by atoms with Crippen LogP contribution in [0.2, 0.25) is 0 Å². The summed E-state index contributed by atoms with van der Waals surface area (Å²) >= 11 is 0. The lowest BCUT2D eigenvalue weighted by atomic mass is 9.84. The first-order valence-corrected chi connectivity index (χ1v) is 6.46. The predicted octanol–water partition coefficient (Wildman–Crippen LogP) is 2.22. The lowest BCUT2D eigenvalue weighted by molar-refractivity contribution is 0.0583.